The maximum Gasteiger partial charge on any atom is 0.238 e. The highest BCUT2D eigenvalue weighted by atomic mass is 16.5. The van der Waals surface area contributed by atoms with E-state index in [0.717, 1.165) is 18.8 Å². The molecule has 1 aliphatic rings. The maximum atomic E-state index is 12.6. The van der Waals surface area contributed by atoms with E-state index in [1.807, 2.05) is 12.1 Å². The van der Waals surface area contributed by atoms with Crippen molar-refractivity contribution in [3.8, 4) is 0 Å². The first-order chi connectivity index (χ1) is 9.97. The van der Waals surface area contributed by atoms with E-state index >= 15 is 0 Å². The second-order valence-electron chi connectivity index (χ2n) is 6.20. The number of carbonyl (C=O) groups is 1. The van der Waals surface area contributed by atoms with Gasteiger partial charge in [0.25, 0.3) is 0 Å². The fourth-order valence-electron chi connectivity index (χ4n) is 3.03. The monoisotopic (exact) mass is 294 g/mol. The van der Waals surface area contributed by atoms with Gasteiger partial charge in [-0.2, -0.15) is 0 Å². The molecule has 1 aliphatic heterocycles. The lowest BCUT2D eigenvalue weighted by molar-refractivity contribution is -0.135. The molecule has 3 atom stereocenters. The van der Waals surface area contributed by atoms with Crippen LogP contribution in [0.4, 0.5) is 0 Å². The first kappa shape index (κ1) is 16.0. The van der Waals surface area contributed by atoms with Crippen molar-refractivity contribution < 1.29 is 13.9 Å². The van der Waals surface area contributed by atoms with Crippen LogP contribution in [0.3, 0.4) is 0 Å². The first-order valence-corrected chi connectivity index (χ1v) is 7.67. The summed E-state index contributed by atoms with van der Waals surface area (Å²) in [4.78, 5) is 14.8. The Balaban J connectivity index is 1.98. The lowest BCUT2D eigenvalue weighted by Gasteiger charge is -2.40. The molecule has 2 rings (SSSR count). The van der Waals surface area contributed by atoms with Crippen LogP contribution in [0, 0.1) is 5.92 Å². The minimum Gasteiger partial charge on any atom is -0.467 e. The average molecular weight is 294 g/mol. The van der Waals surface area contributed by atoms with E-state index < -0.39 is 0 Å². The van der Waals surface area contributed by atoms with E-state index in [4.69, 9.17) is 9.15 Å². The van der Waals surface area contributed by atoms with Crippen molar-refractivity contribution in [3.63, 3.8) is 0 Å². The van der Waals surface area contributed by atoms with Gasteiger partial charge in [-0.05, 0) is 31.9 Å². The van der Waals surface area contributed by atoms with E-state index in [2.05, 4.69) is 37.9 Å². The van der Waals surface area contributed by atoms with Gasteiger partial charge in [-0.1, -0.05) is 13.8 Å². The molecule has 2 heterocycles. The Morgan fingerprint density at radius 3 is 2.57 bits per heavy atom. The molecule has 0 aliphatic carbocycles. The molecule has 5 nitrogen and oxygen atoms in total. The predicted molar refractivity (Wildman–Crippen MR) is 80.8 cm³/mol. The van der Waals surface area contributed by atoms with Crippen molar-refractivity contribution in [1.29, 1.82) is 0 Å². The van der Waals surface area contributed by atoms with Gasteiger partial charge in [0, 0.05) is 13.1 Å². The zero-order valence-electron chi connectivity index (χ0n) is 13.3. The Morgan fingerprint density at radius 2 is 2.05 bits per heavy atom. The highest BCUT2D eigenvalue weighted by molar-refractivity contribution is 5.82. The van der Waals surface area contributed by atoms with Crippen LogP contribution in [0.2, 0.25) is 0 Å². The van der Waals surface area contributed by atoms with Crippen LogP contribution in [0.25, 0.3) is 0 Å². The van der Waals surface area contributed by atoms with E-state index in [-0.39, 0.29) is 30.1 Å². The van der Waals surface area contributed by atoms with Crippen molar-refractivity contribution in [1.82, 2.24) is 10.2 Å². The Bertz CT molecular complexity index is 434. The van der Waals surface area contributed by atoms with E-state index in [0.29, 0.717) is 6.54 Å². The molecule has 0 unspecified atom stereocenters. The van der Waals surface area contributed by atoms with Crippen molar-refractivity contribution in [2.75, 3.05) is 13.1 Å². The number of ether oxygens (including phenoxy) is 1. The molecule has 1 amide bonds. The molecule has 1 aromatic rings. The van der Waals surface area contributed by atoms with Crippen LogP contribution < -0.4 is 5.32 Å². The molecule has 0 bridgehead atoms. The van der Waals surface area contributed by atoms with Gasteiger partial charge in [0.05, 0.1) is 31.1 Å². The zero-order valence-corrected chi connectivity index (χ0v) is 13.3. The second kappa shape index (κ2) is 7.09. The third-order valence-corrected chi connectivity index (χ3v) is 3.76. The number of hydrogen-bond donors (Lipinski definition) is 1. The first-order valence-electron chi connectivity index (χ1n) is 7.67. The Labute approximate surface area is 126 Å². The van der Waals surface area contributed by atoms with Crippen molar-refractivity contribution in [3.05, 3.63) is 24.2 Å². The van der Waals surface area contributed by atoms with E-state index in [1.54, 1.807) is 6.26 Å². The fraction of sp³-hybridized carbons (Fsp3) is 0.688. The number of nitrogens with one attached hydrogen (secondary N) is 1. The Hall–Kier alpha value is -1.33. The van der Waals surface area contributed by atoms with Gasteiger partial charge in [-0.15, -0.1) is 0 Å². The second-order valence-corrected chi connectivity index (χ2v) is 6.20. The van der Waals surface area contributed by atoms with Crippen LogP contribution in [-0.2, 0) is 16.1 Å². The number of amides is 1. The molecule has 21 heavy (non-hydrogen) atoms. The highest BCUT2D eigenvalue weighted by Crippen LogP contribution is 2.18. The minimum absolute atomic E-state index is 0.0581. The van der Waals surface area contributed by atoms with Crippen molar-refractivity contribution in [2.45, 2.75) is 52.5 Å². The van der Waals surface area contributed by atoms with Gasteiger partial charge in [-0.25, -0.2) is 0 Å². The molecule has 0 spiro atoms. The molecule has 1 fully saturated rings. The summed E-state index contributed by atoms with van der Waals surface area (Å²) in [5.74, 6) is 1.08. The number of hydrogen-bond acceptors (Lipinski definition) is 4. The Kier molecular flexibility index (Phi) is 5.42. The van der Waals surface area contributed by atoms with Crippen LogP contribution in [-0.4, -0.2) is 42.1 Å². The molecule has 1 saturated heterocycles. The summed E-state index contributed by atoms with van der Waals surface area (Å²) < 4.78 is 11.0. The number of rotatable bonds is 5. The molecule has 5 heteroatoms. The molecular weight excluding hydrogens is 268 g/mol. The van der Waals surface area contributed by atoms with E-state index in [1.165, 1.54) is 0 Å². The largest absolute Gasteiger partial charge is 0.467 e. The molecule has 118 valence electrons. The normalized spacial score (nSPS) is 25.0. The van der Waals surface area contributed by atoms with E-state index in [9.17, 15) is 4.79 Å². The summed E-state index contributed by atoms with van der Waals surface area (Å²) in [6.07, 6.45) is 1.94. The SMILES string of the molecule is CC(C)[C@H](C(=O)NCc1ccco1)N1C[C@@H](C)O[C@H](C)C1. The summed E-state index contributed by atoms with van der Waals surface area (Å²) in [6.45, 7) is 10.3. The third-order valence-electron chi connectivity index (χ3n) is 3.76. The summed E-state index contributed by atoms with van der Waals surface area (Å²) in [7, 11) is 0. The van der Waals surface area contributed by atoms with Gasteiger partial charge >= 0.3 is 0 Å². The van der Waals surface area contributed by atoms with Gasteiger partial charge in [0.1, 0.15) is 5.76 Å². The third kappa shape index (κ3) is 4.32. The van der Waals surface area contributed by atoms with Crippen LogP contribution in [0.1, 0.15) is 33.5 Å². The Morgan fingerprint density at radius 1 is 1.38 bits per heavy atom. The van der Waals surface area contributed by atoms with Gasteiger partial charge in [0.15, 0.2) is 0 Å². The molecule has 1 aromatic heterocycles. The van der Waals surface area contributed by atoms with Crippen LogP contribution in [0.15, 0.2) is 22.8 Å². The van der Waals surface area contributed by atoms with Gasteiger partial charge in [-0.3, -0.25) is 9.69 Å². The standard InChI is InChI=1S/C16H26N2O3/c1-11(2)15(18-9-12(3)21-13(4)10-18)16(19)17-8-14-6-5-7-20-14/h5-7,11-13,15H,8-10H2,1-4H3,(H,17,19)/t12-,13-,15-/m1/s1. The summed E-state index contributed by atoms with van der Waals surface area (Å²) in [6, 6.07) is 3.56. The smallest absolute Gasteiger partial charge is 0.238 e. The van der Waals surface area contributed by atoms with Crippen LogP contribution in [0.5, 0.6) is 0 Å². The van der Waals surface area contributed by atoms with Gasteiger partial charge < -0.3 is 14.5 Å². The lowest BCUT2D eigenvalue weighted by atomic mass is 9.99. The number of furan rings is 1. The molecule has 0 saturated carbocycles. The number of morpholine rings is 1. The topological polar surface area (TPSA) is 54.7 Å². The lowest BCUT2D eigenvalue weighted by Crippen LogP contribution is -2.56. The summed E-state index contributed by atoms with van der Waals surface area (Å²) in [5.41, 5.74) is 0. The zero-order chi connectivity index (χ0) is 15.4. The summed E-state index contributed by atoms with van der Waals surface area (Å²) >= 11 is 0. The molecule has 1 N–H and O–H groups in total. The number of carbonyl (C=O) groups excluding carboxylic acids is 1. The van der Waals surface area contributed by atoms with Crippen LogP contribution >= 0.6 is 0 Å². The van der Waals surface area contributed by atoms with Crippen molar-refractivity contribution in [2.24, 2.45) is 5.92 Å². The highest BCUT2D eigenvalue weighted by Gasteiger charge is 2.33. The predicted octanol–water partition coefficient (Wildman–Crippen LogP) is 2.03. The molecule has 0 aromatic carbocycles. The number of nitrogens with zero attached hydrogens (tertiary/aromatic N) is 1. The summed E-state index contributed by atoms with van der Waals surface area (Å²) in [5, 5.41) is 2.98. The van der Waals surface area contributed by atoms with Gasteiger partial charge in [0.2, 0.25) is 5.91 Å². The average Bonchev–Trinajstić information content (AvgIpc) is 2.87. The quantitative estimate of drug-likeness (QED) is 0.903. The maximum absolute atomic E-state index is 12.6. The molecule has 0 radical (unpaired) electrons. The fourth-order valence-corrected chi connectivity index (χ4v) is 3.03. The molecular formula is C16H26N2O3. The minimum atomic E-state index is -0.131. The van der Waals surface area contributed by atoms with Crippen molar-refractivity contribution >= 4 is 5.91 Å².